The Morgan fingerprint density at radius 1 is 1.10 bits per heavy atom. The van der Waals surface area contributed by atoms with Crippen LogP contribution in [0.3, 0.4) is 0 Å². The largest absolute Gasteiger partial charge is 0.493 e. The van der Waals surface area contributed by atoms with Gasteiger partial charge in [0, 0.05) is 11.1 Å². The lowest BCUT2D eigenvalue weighted by molar-refractivity contribution is 0.0951. The minimum Gasteiger partial charge on any atom is -0.493 e. The van der Waals surface area contributed by atoms with Crippen LogP contribution in [0.2, 0.25) is 0 Å². The molecule has 0 aliphatic carbocycles. The minimum atomic E-state index is -0.343. The number of hydrogen-bond acceptors (Lipinski definition) is 4. The van der Waals surface area contributed by atoms with Crippen molar-refractivity contribution in [3.63, 3.8) is 0 Å². The van der Waals surface area contributed by atoms with E-state index in [2.05, 4.69) is 5.43 Å². The van der Waals surface area contributed by atoms with Gasteiger partial charge >= 0.3 is 0 Å². The number of hydrogen-bond donors (Lipinski definition) is 2. The molecule has 0 fully saturated rings. The highest BCUT2D eigenvalue weighted by molar-refractivity contribution is 5.95. The molecule has 0 aliphatic rings. The zero-order valence-electron chi connectivity index (χ0n) is 11.1. The fourth-order valence-corrected chi connectivity index (χ4v) is 1.84. The Morgan fingerprint density at radius 3 is 2.45 bits per heavy atom. The molecule has 5 nitrogen and oxygen atoms in total. The van der Waals surface area contributed by atoms with E-state index in [4.69, 9.17) is 15.3 Å². The molecule has 0 spiro atoms. The molecule has 0 radical (unpaired) electrons. The predicted molar refractivity (Wildman–Crippen MR) is 75.4 cm³/mol. The Bertz CT molecular complexity index is 599. The van der Waals surface area contributed by atoms with Gasteiger partial charge in [-0.15, -0.1) is 0 Å². The molecule has 2 rings (SSSR count). The number of nitrogens with two attached hydrogens (primary N) is 1. The number of para-hydroxylation sites is 2. The van der Waals surface area contributed by atoms with Gasteiger partial charge in [-0.05, 0) is 18.2 Å². The molecule has 0 atom stereocenters. The van der Waals surface area contributed by atoms with Crippen LogP contribution in [0.1, 0.15) is 15.9 Å². The summed E-state index contributed by atoms with van der Waals surface area (Å²) < 4.78 is 10.9. The first-order valence-corrected chi connectivity index (χ1v) is 6.11. The summed E-state index contributed by atoms with van der Waals surface area (Å²) in [7, 11) is 1.58. The predicted octanol–water partition coefficient (Wildman–Crippen LogP) is 1.88. The SMILES string of the molecule is COc1ccccc1OCc1ccccc1C(=O)NN. The molecule has 0 unspecified atom stereocenters. The standard InChI is InChI=1S/C15H16N2O3/c1-19-13-8-4-5-9-14(13)20-10-11-6-2-3-7-12(11)15(18)17-16/h2-9H,10,16H2,1H3,(H,17,18). The van der Waals surface area contributed by atoms with Gasteiger partial charge in [-0.25, -0.2) is 5.84 Å². The van der Waals surface area contributed by atoms with Crippen molar-refractivity contribution >= 4 is 5.91 Å². The van der Waals surface area contributed by atoms with Crippen molar-refractivity contribution < 1.29 is 14.3 Å². The maximum atomic E-state index is 11.7. The normalized spacial score (nSPS) is 9.90. The van der Waals surface area contributed by atoms with E-state index >= 15 is 0 Å². The van der Waals surface area contributed by atoms with Gasteiger partial charge in [0.05, 0.1) is 7.11 Å². The second-order valence-corrected chi connectivity index (χ2v) is 4.07. The highest BCUT2D eigenvalue weighted by atomic mass is 16.5. The van der Waals surface area contributed by atoms with Gasteiger partial charge in [-0.3, -0.25) is 10.2 Å². The topological polar surface area (TPSA) is 73.6 Å². The van der Waals surface area contributed by atoms with Crippen molar-refractivity contribution in [3.05, 3.63) is 59.7 Å². The first kappa shape index (κ1) is 13.9. The molecule has 0 saturated carbocycles. The molecular formula is C15H16N2O3. The third-order valence-corrected chi connectivity index (χ3v) is 2.85. The Morgan fingerprint density at radius 2 is 1.75 bits per heavy atom. The second kappa shape index (κ2) is 6.58. The molecule has 0 aliphatic heterocycles. The van der Waals surface area contributed by atoms with E-state index in [0.29, 0.717) is 17.1 Å². The van der Waals surface area contributed by atoms with Crippen LogP contribution < -0.4 is 20.7 Å². The number of nitrogen functional groups attached to an aromatic ring is 1. The molecule has 20 heavy (non-hydrogen) atoms. The van der Waals surface area contributed by atoms with Crippen LogP contribution in [0.25, 0.3) is 0 Å². The fraction of sp³-hybridized carbons (Fsp3) is 0.133. The van der Waals surface area contributed by atoms with Gasteiger partial charge in [0.1, 0.15) is 6.61 Å². The zero-order chi connectivity index (χ0) is 14.4. The summed E-state index contributed by atoms with van der Waals surface area (Å²) in [6.45, 7) is 0.254. The first-order valence-electron chi connectivity index (χ1n) is 6.11. The smallest absolute Gasteiger partial charge is 0.265 e. The molecule has 2 aromatic rings. The average Bonchev–Trinajstić information content (AvgIpc) is 2.52. The van der Waals surface area contributed by atoms with Gasteiger partial charge in [-0.1, -0.05) is 30.3 Å². The van der Waals surface area contributed by atoms with E-state index in [-0.39, 0.29) is 12.5 Å². The monoisotopic (exact) mass is 272 g/mol. The highest BCUT2D eigenvalue weighted by Gasteiger charge is 2.10. The van der Waals surface area contributed by atoms with E-state index in [1.165, 1.54) is 0 Å². The molecule has 104 valence electrons. The molecule has 3 N–H and O–H groups in total. The quantitative estimate of drug-likeness (QED) is 0.495. The fourth-order valence-electron chi connectivity index (χ4n) is 1.84. The van der Waals surface area contributed by atoms with Crippen molar-refractivity contribution in [2.45, 2.75) is 6.61 Å². The van der Waals surface area contributed by atoms with Crippen LogP contribution in [0, 0.1) is 0 Å². The summed E-state index contributed by atoms with van der Waals surface area (Å²) in [5.74, 6) is 6.09. The van der Waals surface area contributed by atoms with E-state index < -0.39 is 0 Å². The number of amides is 1. The number of ether oxygens (including phenoxy) is 2. The lowest BCUT2D eigenvalue weighted by Gasteiger charge is -2.12. The Kier molecular flexibility index (Phi) is 4.57. The van der Waals surface area contributed by atoms with Crippen LogP contribution in [-0.2, 0) is 6.61 Å². The highest BCUT2D eigenvalue weighted by Crippen LogP contribution is 2.26. The van der Waals surface area contributed by atoms with Crippen molar-refractivity contribution in [2.24, 2.45) is 5.84 Å². The lowest BCUT2D eigenvalue weighted by Crippen LogP contribution is -2.30. The Labute approximate surface area is 117 Å². The number of benzene rings is 2. The number of carbonyl (C=O) groups excluding carboxylic acids is 1. The van der Waals surface area contributed by atoms with Crippen LogP contribution in [-0.4, -0.2) is 13.0 Å². The van der Waals surface area contributed by atoms with E-state index in [9.17, 15) is 4.79 Å². The lowest BCUT2D eigenvalue weighted by atomic mass is 10.1. The summed E-state index contributed by atoms with van der Waals surface area (Å²) in [4.78, 5) is 11.7. The van der Waals surface area contributed by atoms with E-state index in [1.54, 1.807) is 19.2 Å². The second-order valence-electron chi connectivity index (χ2n) is 4.07. The summed E-state index contributed by atoms with van der Waals surface area (Å²) in [5, 5.41) is 0. The van der Waals surface area contributed by atoms with Crippen molar-refractivity contribution in [1.29, 1.82) is 0 Å². The molecule has 0 bridgehead atoms. The minimum absolute atomic E-state index is 0.254. The van der Waals surface area contributed by atoms with Gasteiger partial charge in [0.15, 0.2) is 11.5 Å². The number of hydrazine groups is 1. The third kappa shape index (κ3) is 3.07. The van der Waals surface area contributed by atoms with Gasteiger partial charge < -0.3 is 9.47 Å². The van der Waals surface area contributed by atoms with Crippen molar-refractivity contribution in [3.8, 4) is 11.5 Å². The summed E-state index contributed by atoms with van der Waals surface area (Å²) in [6, 6.07) is 14.5. The maximum absolute atomic E-state index is 11.7. The summed E-state index contributed by atoms with van der Waals surface area (Å²) in [5.41, 5.74) is 3.37. The van der Waals surface area contributed by atoms with Crippen molar-refractivity contribution in [1.82, 2.24) is 5.43 Å². The first-order chi connectivity index (χ1) is 9.76. The molecule has 2 aromatic carbocycles. The Hall–Kier alpha value is -2.53. The number of rotatable bonds is 5. The number of methoxy groups -OCH3 is 1. The molecule has 0 saturated heterocycles. The number of nitrogens with one attached hydrogen (secondary N) is 1. The average molecular weight is 272 g/mol. The van der Waals surface area contributed by atoms with Crippen molar-refractivity contribution in [2.75, 3.05) is 7.11 Å². The molecule has 0 aromatic heterocycles. The summed E-state index contributed by atoms with van der Waals surface area (Å²) >= 11 is 0. The maximum Gasteiger partial charge on any atom is 0.265 e. The van der Waals surface area contributed by atoms with Gasteiger partial charge in [0.25, 0.3) is 5.91 Å². The van der Waals surface area contributed by atoms with Crippen LogP contribution in [0.4, 0.5) is 0 Å². The zero-order valence-corrected chi connectivity index (χ0v) is 11.1. The van der Waals surface area contributed by atoms with E-state index in [0.717, 1.165) is 5.56 Å². The van der Waals surface area contributed by atoms with Crippen LogP contribution >= 0.6 is 0 Å². The van der Waals surface area contributed by atoms with Crippen LogP contribution in [0.15, 0.2) is 48.5 Å². The summed E-state index contributed by atoms with van der Waals surface area (Å²) in [6.07, 6.45) is 0. The molecular weight excluding hydrogens is 256 g/mol. The molecule has 5 heteroatoms. The third-order valence-electron chi connectivity index (χ3n) is 2.85. The van der Waals surface area contributed by atoms with Crippen LogP contribution in [0.5, 0.6) is 11.5 Å². The molecule has 1 amide bonds. The molecule has 0 heterocycles. The van der Waals surface area contributed by atoms with E-state index in [1.807, 2.05) is 36.4 Å². The number of carbonyl (C=O) groups is 1. The van der Waals surface area contributed by atoms with Gasteiger partial charge in [0.2, 0.25) is 0 Å². The van der Waals surface area contributed by atoms with Gasteiger partial charge in [-0.2, -0.15) is 0 Å². The Balaban J connectivity index is 2.17.